The molecular formula is C30H28N4O2. The SMILES string of the molecule is O=C1C2CN(Cc3cccc4ncccc34)CCN2C(=O)CN1Cc1ccc(-c2ccccc2)cc1. The Balaban J connectivity index is 1.16. The van der Waals surface area contributed by atoms with Gasteiger partial charge in [-0.3, -0.25) is 19.5 Å². The van der Waals surface area contributed by atoms with Crippen molar-refractivity contribution >= 4 is 22.7 Å². The average Bonchev–Trinajstić information content (AvgIpc) is 2.93. The van der Waals surface area contributed by atoms with Crippen molar-refractivity contribution in [2.45, 2.75) is 19.1 Å². The molecule has 180 valence electrons. The number of amides is 2. The monoisotopic (exact) mass is 476 g/mol. The summed E-state index contributed by atoms with van der Waals surface area (Å²) in [4.78, 5) is 36.7. The van der Waals surface area contributed by atoms with E-state index in [-0.39, 0.29) is 18.4 Å². The van der Waals surface area contributed by atoms with Gasteiger partial charge in [-0.2, -0.15) is 0 Å². The molecule has 6 nitrogen and oxygen atoms in total. The maximum absolute atomic E-state index is 13.5. The van der Waals surface area contributed by atoms with Gasteiger partial charge in [0, 0.05) is 44.3 Å². The summed E-state index contributed by atoms with van der Waals surface area (Å²) in [7, 11) is 0. The number of carbonyl (C=O) groups excluding carboxylic acids is 2. The number of hydrogen-bond donors (Lipinski definition) is 0. The Morgan fingerprint density at radius 1 is 0.778 bits per heavy atom. The summed E-state index contributed by atoms with van der Waals surface area (Å²) in [6.07, 6.45) is 1.81. The van der Waals surface area contributed by atoms with Crippen molar-refractivity contribution in [3.05, 3.63) is 102 Å². The van der Waals surface area contributed by atoms with E-state index >= 15 is 0 Å². The van der Waals surface area contributed by atoms with Gasteiger partial charge in [0.25, 0.3) is 0 Å². The van der Waals surface area contributed by atoms with Crippen LogP contribution in [0.25, 0.3) is 22.0 Å². The van der Waals surface area contributed by atoms with Crippen LogP contribution in [0.2, 0.25) is 0 Å². The Kier molecular flexibility index (Phi) is 5.95. The average molecular weight is 477 g/mol. The molecule has 2 fully saturated rings. The van der Waals surface area contributed by atoms with Crippen LogP contribution >= 0.6 is 0 Å². The summed E-state index contributed by atoms with van der Waals surface area (Å²) in [5.41, 5.74) is 5.49. The molecule has 0 N–H and O–H groups in total. The van der Waals surface area contributed by atoms with E-state index in [2.05, 4.69) is 46.3 Å². The lowest BCUT2D eigenvalue weighted by atomic mass is 10.0. The van der Waals surface area contributed by atoms with Crippen molar-refractivity contribution in [3.8, 4) is 11.1 Å². The zero-order valence-corrected chi connectivity index (χ0v) is 20.1. The minimum atomic E-state index is -0.434. The summed E-state index contributed by atoms with van der Waals surface area (Å²) in [6, 6.07) is 28.3. The van der Waals surface area contributed by atoms with Gasteiger partial charge in [-0.15, -0.1) is 0 Å². The van der Waals surface area contributed by atoms with E-state index < -0.39 is 6.04 Å². The molecule has 0 radical (unpaired) electrons. The van der Waals surface area contributed by atoms with Crippen LogP contribution in [0.15, 0.2) is 91.1 Å². The highest BCUT2D eigenvalue weighted by molar-refractivity contribution is 5.95. The Labute approximate surface area is 210 Å². The highest BCUT2D eigenvalue weighted by Gasteiger charge is 2.42. The first-order chi connectivity index (χ1) is 17.7. The summed E-state index contributed by atoms with van der Waals surface area (Å²) in [5, 5.41) is 1.13. The zero-order valence-electron chi connectivity index (χ0n) is 20.1. The minimum absolute atomic E-state index is 0.0334. The molecule has 2 amide bonds. The van der Waals surface area contributed by atoms with E-state index in [1.54, 1.807) is 16.0 Å². The van der Waals surface area contributed by atoms with Crippen LogP contribution in [-0.2, 0) is 22.7 Å². The van der Waals surface area contributed by atoms with Gasteiger partial charge in [0.1, 0.15) is 12.6 Å². The first-order valence-electron chi connectivity index (χ1n) is 12.4. The molecule has 36 heavy (non-hydrogen) atoms. The van der Waals surface area contributed by atoms with Crippen molar-refractivity contribution in [2.75, 3.05) is 26.2 Å². The first-order valence-corrected chi connectivity index (χ1v) is 12.4. The van der Waals surface area contributed by atoms with Gasteiger partial charge in [-0.25, -0.2) is 0 Å². The van der Waals surface area contributed by atoms with E-state index in [0.717, 1.165) is 40.7 Å². The normalized spacial score (nSPS) is 18.5. The van der Waals surface area contributed by atoms with Gasteiger partial charge in [-0.1, -0.05) is 72.8 Å². The lowest BCUT2D eigenvalue weighted by molar-refractivity contribution is -0.160. The lowest BCUT2D eigenvalue weighted by Crippen LogP contribution is -2.66. The highest BCUT2D eigenvalue weighted by atomic mass is 16.2. The minimum Gasteiger partial charge on any atom is -0.327 e. The van der Waals surface area contributed by atoms with Crippen molar-refractivity contribution in [2.24, 2.45) is 0 Å². The van der Waals surface area contributed by atoms with E-state index in [0.29, 0.717) is 19.6 Å². The molecule has 0 aliphatic carbocycles. The number of pyridine rings is 1. The molecule has 1 unspecified atom stereocenters. The van der Waals surface area contributed by atoms with Crippen molar-refractivity contribution in [3.63, 3.8) is 0 Å². The third-order valence-electron chi connectivity index (χ3n) is 7.27. The maximum Gasteiger partial charge on any atom is 0.247 e. The molecule has 2 saturated heterocycles. The van der Waals surface area contributed by atoms with Crippen LogP contribution < -0.4 is 0 Å². The fourth-order valence-electron chi connectivity index (χ4n) is 5.37. The van der Waals surface area contributed by atoms with Gasteiger partial charge in [0.2, 0.25) is 11.8 Å². The van der Waals surface area contributed by atoms with Crippen molar-refractivity contribution in [1.29, 1.82) is 0 Å². The number of benzene rings is 3. The molecule has 6 heteroatoms. The van der Waals surface area contributed by atoms with Crippen LogP contribution in [-0.4, -0.2) is 63.7 Å². The molecule has 3 aromatic carbocycles. The van der Waals surface area contributed by atoms with Gasteiger partial charge >= 0.3 is 0 Å². The number of rotatable bonds is 5. The molecule has 3 heterocycles. The van der Waals surface area contributed by atoms with Gasteiger partial charge in [0.15, 0.2) is 0 Å². The van der Waals surface area contributed by atoms with Gasteiger partial charge < -0.3 is 9.80 Å². The molecule has 0 saturated carbocycles. The zero-order chi connectivity index (χ0) is 24.5. The number of fused-ring (bicyclic) bond motifs is 2. The molecule has 1 aromatic heterocycles. The van der Waals surface area contributed by atoms with Crippen LogP contribution in [0, 0.1) is 0 Å². The molecule has 1 atom stereocenters. The quantitative estimate of drug-likeness (QED) is 0.438. The number of piperazine rings is 2. The third kappa shape index (κ3) is 4.36. The summed E-state index contributed by atoms with van der Waals surface area (Å²) in [5.74, 6) is 0.0699. The Hall–Kier alpha value is -4.03. The summed E-state index contributed by atoms with van der Waals surface area (Å²) >= 11 is 0. The number of nitrogens with zero attached hydrogens (tertiary/aromatic N) is 4. The molecular weight excluding hydrogens is 448 g/mol. The molecule has 2 aliphatic rings. The summed E-state index contributed by atoms with van der Waals surface area (Å²) < 4.78 is 0. The second kappa shape index (κ2) is 9.55. The van der Waals surface area contributed by atoms with E-state index in [1.807, 2.05) is 48.5 Å². The fraction of sp³-hybridized carbons (Fsp3) is 0.233. The second-order valence-electron chi connectivity index (χ2n) is 9.58. The van der Waals surface area contributed by atoms with Crippen LogP contribution in [0.5, 0.6) is 0 Å². The van der Waals surface area contributed by atoms with Crippen LogP contribution in [0.1, 0.15) is 11.1 Å². The van der Waals surface area contributed by atoms with E-state index in [9.17, 15) is 9.59 Å². The van der Waals surface area contributed by atoms with Crippen LogP contribution in [0.4, 0.5) is 0 Å². The van der Waals surface area contributed by atoms with E-state index in [1.165, 1.54) is 5.56 Å². The van der Waals surface area contributed by atoms with Crippen molar-refractivity contribution in [1.82, 2.24) is 19.7 Å². The molecule has 0 spiro atoms. The predicted molar refractivity (Wildman–Crippen MR) is 140 cm³/mol. The Morgan fingerprint density at radius 2 is 1.58 bits per heavy atom. The van der Waals surface area contributed by atoms with Crippen molar-refractivity contribution < 1.29 is 9.59 Å². The summed E-state index contributed by atoms with van der Waals surface area (Å²) in [6.45, 7) is 3.20. The Bertz CT molecular complexity index is 1400. The standard InChI is InChI=1S/C30H28N4O2/c35-29-21-33(18-22-11-13-24(14-12-22)23-6-2-1-3-7-23)30(36)28-20-32(16-17-34(28)29)19-25-8-4-10-27-26(25)9-5-15-31-27/h1-15,28H,16-21H2. The lowest BCUT2D eigenvalue weighted by Gasteiger charge is -2.46. The molecule has 6 rings (SSSR count). The molecule has 2 aliphatic heterocycles. The molecule has 4 aromatic rings. The maximum atomic E-state index is 13.5. The molecule has 0 bridgehead atoms. The second-order valence-corrected chi connectivity index (χ2v) is 9.58. The van der Waals surface area contributed by atoms with E-state index in [4.69, 9.17) is 0 Å². The largest absolute Gasteiger partial charge is 0.327 e. The smallest absolute Gasteiger partial charge is 0.247 e. The van der Waals surface area contributed by atoms with Gasteiger partial charge in [0.05, 0.1) is 5.52 Å². The number of aromatic nitrogens is 1. The first kappa shape index (κ1) is 22.4. The predicted octanol–water partition coefficient (Wildman–Crippen LogP) is 3.96. The fourth-order valence-corrected chi connectivity index (χ4v) is 5.37. The van der Waals surface area contributed by atoms with Crippen LogP contribution in [0.3, 0.4) is 0 Å². The van der Waals surface area contributed by atoms with Gasteiger partial charge in [-0.05, 0) is 34.4 Å². The number of hydrogen-bond acceptors (Lipinski definition) is 4. The third-order valence-corrected chi connectivity index (χ3v) is 7.27. The number of carbonyl (C=O) groups is 2. The highest BCUT2D eigenvalue weighted by Crippen LogP contribution is 2.25. The Morgan fingerprint density at radius 3 is 2.42 bits per heavy atom. The topological polar surface area (TPSA) is 56.8 Å².